The molecule has 1 heterocycles. The summed E-state index contributed by atoms with van der Waals surface area (Å²) in [5.41, 5.74) is 0. The van der Waals surface area contributed by atoms with E-state index in [9.17, 15) is 0 Å². The SMILES string of the molecule is CCCNCc1nnnn1CCCCOC(C)C. The van der Waals surface area contributed by atoms with E-state index in [0.29, 0.717) is 6.10 Å². The van der Waals surface area contributed by atoms with Crippen molar-refractivity contribution in [3.63, 3.8) is 0 Å². The van der Waals surface area contributed by atoms with Gasteiger partial charge in [-0.3, -0.25) is 0 Å². The molecule has 0 aliphatic heterocycles. The van der Waals surface area contributed by atoms with Gasteiger partial charge in [0.1, 0.15) is 0 Å². The zero-order valence-electron chi connectivity index (χ0n) is 11.7. The molecule has 6 nitrogen and oxygen atoms in total. The van der Waals surface area contributed by atoms with Gasteiger partial charge in [-0.1, -0.05) is 6.92 Å². The molecular weight excluding hydrogens is 230 g/mol. The van der Waals surface area contributed by atoms with Crippen LogP contribution in [0.25, 0.3) is 0 Å². The molecule has 18 heavy (non-hydrogen) atoms. The maximum Gasteiger partial charge on any atom is 0.165 e. The van der Waals surface area contributed by atoms with Crippen molar-refractivity contribution in [3.8, 4) is 0 Å². The van der Waals surface area contributed by atoms with E-state index < -0.39 is 0 Å². The summed E-state index contributed by atoms with van der Waals surface area (Å²) in [7, 11) is 0. The van der Waals surface area contributed by atoms with Crippen LogP contribution in [0, 0.1) is 0 Å². The Hall–Kier alpha value is -1.01. The molecule has 0 saturated carbocycles. The minimum atomic E-state index is 0.312. The third kappa shape index (κ3) is 6.07. The molecule has 0 saturated heterocycles. The number of aryl methyl sites for hydroxylation is 1. The van der Waals surface area contributed by atoms with E-state index in [0.717, 1.165) is 51.3 Å². The van der Waals surface area contributed by atoms with Crippen LogP contribution in [-0.2, 0) is 17.8 Å². The number of rotatable bonds is 10. The van der Waals surface area contributed by atoms with Crippen LogP contribution in [0.2, 0.25) is 0 Å². The maximum absolute atomic E-state index is 5.50. The summed E-state index contributed by atoms with van der Waals surface area (Å²) in [5.74, 6) is 0.910. The van der Waals surface area contributed by atoms with E-state index in [2.05, 4.69) is 41.6 Å². The quantitative estimate of drug-likeness (QED) is 0.640. The van der Waals surface area contributed by atoms with Crippen molar-refractivity contribution in [1.29, 1.82) is 0 Å². The third-order valence-electron chi connectivity index (χ3n) is 2.53. The van der Waals surface area contributed by atoms with Gasteiger partial charge in [0, 0.05) is 13.2 Å². The first-order valence-electron chi connectivity index (χ1n) is 6.81. The second kappa shape index (κ2) is 8.99. The summed E-state index contributed by atoms with van der Waals surface area (Å²) in [6.07, 6.45) is 3.51. The Morgan fingerprint density at radius 3 is 2.89 bits per heavy atom. The van der Waals surface area contributed by atoms with Gasteiger partial charge in [-0.15, -0.1) is 5.10 Å². The Labute approximate surface area is 109 Å². The highest BCUT2D eigenvalue weighted by atomic mass is 16.5. The first-order chi connectivity index (χ1) is 8.74. The van der Waals surface area contributed by atoms with Gasteiger partial charge >= 0.3 is 0 Å². The van der Waals surface area contributed by atoms with Crippen LogP contribution in [0.5, 0.6) is 0 Å². The Balaban J connectivity index is 2.19. The van der Waals surface area contributed by atoms with Crippen molar-refractivity contribution in [2.45, 2.75) is 59.2 Å². The normalized spacial score (nSPS) is 11.3. The molecule has 0 bridgehead atoms. The van der Waals surface area contributed by atoms with Crippen LogP contribution in [0.3, 0.4) is 0 Å². The molecule has 0 unspecified atom stereocenters. The molecule has 0 aromatic carbocycles. The smallest absolute Gasteiger partial charge is 0.165 e. The molecule has 0 aliphatic carbocycles. The van der Waals surface area contributed by atoms with Gasteiger partial charge in [-0.2, -0.15) is 0 Å². The number of nitrogens with one attached hydrogen (secondary N) is 1. The van der Waals surface area contributed by atoms with Crippen molar-refractivity contribution in [1.82, 2.24) is 25.5 Å². The maximum atomic E-state index is 5.50. The number of hydrogen-bond donors (Lipinski definition) is 1. The molecule has 104 valence electrons. The van der Waals surface area contributed by atoms with E-state index in [4.69, 9.17) is 4.74 Å². The zero-order valence-corrected chi connectivity index (χ0v) is 11.7. The number of hydrogen-bond acceptors (Lipinski definition) is 5. The van der Waals surface area contributed by atoms with Gasteiger partial charge in [0.15, 0.2) is 5.82 Å². The molecule has 0 radical (unpaired) electrons. The molecule has 0 aliphatic rings. The molecule has 0 amide bonds. The number of tetrazole rings is 1. The van der Waals surface area contributed by atoms with Crippen LogP contribution in [0.1, 0.15) is 45.9 Å². The monoisotopic (exact) mass is 255 g/mol. The Kier molecular flexibility index (Phi) is 7.52. The molecule has 1 rings (SSSR count). The lowest BCUT2D eigenvalue weighted by molar-refractivity contribution is 0.0752. The van der Waals surface area contributed by atoms with Gasteiger partial charge in [-0.05, 0) is 50.1 Å². The molecule has 0 atom stereocenters. The molecule has 0 spiro atoms. The highest BCUT2D eigenvalue weighted by molar-refractivity contribution is 4.79. The van der Waals surface area contributed by atoms with Gasteiger partial charge in [-0.25, -0.2) is 4.68 Å². The average molecular weight is 255 g/mol. The fourth-order valence-electron chi connectivity index (χ4n) is 1.58. The lowest BCUT2D eigenvalue weighted by atomic mass is 10.3. The van der Waals surface area contributed by atoms with Crippen molar-refractivity contribution < 1.29 is 4.74 Å². The van der Waals surface area contributed by atoms with Gasteiger partial charge in [0.2, 0.25) is 0 Å². The highest BCUT2D eigenvalue weighted by Crippen LogP contribution is 1.99. The van der Waals surface area contributed by atoms with Gasteiger partial charge < -0.3 is 10.1 Å². The predicted octanol–water partition coefficient (Wildman–Crippen LogP) is 1.38. The van der Waals surface area contributed by atoms with Crippen LogP contribution >= 0.6 is 0 Å². The van der Waals surface area contributed by atoms with Gasteiger partial charge in [0.05, 0.1) is 12.6 Å². The Bertz CT molecular complexity index is 313. The van der Waals surface area contributed by atoms with Crippen LogP contribution < -0.4 is 5.32 Å². The molecule has 6 heteroatoms. The van der Waals surface area contributed by atoms with Crippen LogP contribution in [-0.4, -0.2) is 39.5 Å². The fraction of sp³-hybridized carbons (Fsp3) is 0.917. The summed E-state index contributed by atoms with van der Waals surface area (Å²) in [5, 5.41) is 15.1. The largest absolute Gasteiger partial charge is 0.379 e. The van der Waals surface area contributed by atoms with E-state index in [-0.39, 0.29) is 0 Å². The zero-order chi connectivity index (χ0) is 13.2. The van der Waals surface area contributed by atoms with Gasteiger partial charge in [0.25, 0.3) is 0 Å². The lowest BCUT2D eigenvalue weighted by Crippen LogP contribution is -2.18. The van der Waals surface area contributed by atoms with E-state index in [1.54, 1.807) is 0 Å². The number of aromatic nitrogens is 4. The third-order valence-corrected chi connectivity index (χ3v) is 2.53. The van der Waals surface area contributed by atoms with Crippen LogP contribution in [0.4, 0.5) is 0 Å². The average Bonchev–Trinajstić information content (AvgIpc) is 2.76. The topological polar surface area (TPSA) is 64.9 Å². The molecule has 1 aromatic rings. The predicted molar refractivity (Wildman–Crippen MR) is 70.1 cm³/mol. The minimum Gasteiger partial charge on any atom is -0.379 e. The van der Waals surface area contributed by atoms with Crippen molar-refractivity contribution in [2.75, 3.05) is 13.2 Å². The first kappa shape index (κ1) is 15.0. The second-order valence-corrected chi connectivity index (χ2v) is 4.62. The molecular formula is C12H25N5O. The first-order valence-corrected chi connectivity index (χ1v) is 6.81. The van der Waals surface area contributed by atoms with E-state index >= 15 is 0 Å². The highest BCUT2D eigenvalue weighted by Gasteiger charge is 2.04. The van der Waals surface area contributed by atoms with E-state index in [1.807, 2.05) is 4.68 Å². The summed E-state index contributed by atoms with van der Waals surface area (Å²) in [6, 6.07) is 0. The van der Waals surface area contributed by atoms with Crippen LogP contribution in [0.15, 0.2) is 0 Å². The Morgan fingerprint density at radius 2 is 2.17 bits per heavy atom. The standard InChI is InChI=1S/C12H25N5O/c1-4-7-13-10-12-14-15-16-17(12)8-5-6-9-18-11(2)3/h11,13H,4-10H2,1-3H3. The number of nitrogens with zero attached hydrogens (tertiary/aromatic N) is 4. The van der Waals surface area contributed by atoms with E-state index in [1.165, 1.54) is 0 Å². The summed E-state index contributed by atoms with van der Waals surface area (Å²) >= 11 is 0. The molecule has 0 fully saturated rings. The molecule has 1 N–H and O–H groups in total. The summed E-state index contributed by atoms with van der Waals surface area (Å²) in [4.78, 5) is 0. The van der Waals surface area contributed by atoms with Crippen molar-refractivity contribution >= 4 is 0 Å². The lowest BCUT2D eigenvalue weighted by Gasteiger charge is -2.08. The molecule has 1 aromatic heterocycles. The fourth-order valence-corrected chi connectivity index (χ4v) is 1.58. The second-order valence-electron chi connectivity index (χ2n) is 4.62. The summed E-state index contributed by atoms with van der Waals surface area (Å²) < 4.78 is 7.37. The Morgan fingerprint density at radius 1 is 1.33 bits per heavy atom. The number of ether oxygens (including phenoxy) is 1. The minimum absolute atomic E-state index is 0.312. The van der Waals surface area contributed by atoms with Crippen molar-refractivity contribution in [2.24, 2.45) is 0 Å². The number of unbranched alkanes of at least 4 members (excludes halogenated alkanes) is 1. The van der Waals surface area contributed by atoms with Crippen molar-refractivity contribution in [3.05, 3.63) is 5.82 Å². The summed E-state index contributed by atoms with van der Waals surface area (Å²) in [6.45, 7) is 9.65.